The molecule has 2 aromatic carbocycles. The number of benzene rings is 2. The molecule has 3 heteroatoms. The van der Waals surface area contributed by atoms with Crippen molar-refractivity contribution in [1.82, 2.24) is 9.55 Å². The van der Waals surface area contributed by atoms with Crippen molar-refractivity contribution in [1.29, 1.82) is 0 Å². The molecule has 1 aromatic heterocycles. The number of hydrogen-bond donors (Lipinski definition) is 1. The molecule has 0 unspecified atom stereocenters. The Morgan fingerprint density at radius 1 is 1.05 bits per heavy atom. The molecule has 0 saturated carbocycles. The second-order valence-corrected chi connectivity index (χ2v) is 6.37. The quantitative estimate of drug-likeness (QED) is 0.768. The summed E-state index contributed by atoms with van der Waals surface area (Å²) < 4.78 is 2.28. The first-order valence-electron chi connectivity index (χ1n) is 7.20. The summed E-state index contributed by atoms with van der Waals surface area (Å²) in [6.07, 6.45) is 0.709. The number of para-hydroxylation sites is 2. The smallest absolute Gasteiger partial charge is 0.115 e. The second-order valence-electron chi connectivity index (χ2n) is 6.37. The number of rotatable bonds is 2. The van der Waals surface area contributed by atoms with E-state index < -0.39 is 0 Å². The molecule has 0 aliphatic carbocycles. The number of fused-ring (bicyclic) bond motifs is 1. The second kappa shape index (κ2) is 4.92. The first kappa shape index (κ1) is 13.7. The maximum absolute atomic E-state index is 9.63. The van der Waals surface area contributed by atoms with Crippen LogP contribution in [0.2, 0.25) is 0 Å². The summed E-state index contributed by atoms with van der Waals surface area (Å²) in [7, 11) is 0. The topological polar surface area (TPSA) is 38.0 Å². The summed E-state index contributed by atoms with van der Waals surface area (Å²) in [6.45, 7) is 6.56. The third-order valence-electron chi connectivity index (χ3n) is 3.57. The highest BCUT2D eigenvalue weighted by Gasteiger charge is 2.21. The fraction of sp³-hybridized carbons (Fsp3) is 0.278. The number of imidazole rings is 1. The van der Waals surface area contributed by atoms with E-state index in [0.717, 1.165) is 22.4 Å². The summed E-state index contributed by atoms with van der Waals surface area (Å²) in [5.74, 6) is 1.32. The first-order valence-corrected chi connectivity index (χ1v) is 7.20. The zero-order valence-corrected chi connectivity index (χ0v) is 12.7. The summed E-state index contributed by atoms with van der Waals surface area (Å²) in [5.41, 5.74) is 3.20. The van der Waals surface area contributed by atoms with Crippen molar-refractivity contribution in [3.05, 3.63) is 59.9 Å². The number of phenolic OH excluding ortho intramolecular Hbond substituents is 1. The van der Waals surface area contributed by atoms with Crippen LogP contribution in [0.15, 0.2) is 48.5 Å². The van der Waals surface area contributed by atoms with E-state index in [4.69, 9.17) is 4.98 Å². The van der Waals surface area contributed by atoms with Crippen molar-refractivity contribution < 1.29 is 5.11 Å². The Morgan fingerprint density at radius 3 is 2.52 bits per heavy atom. The van der Waals surface area contributed by atoms with E-state index in [1.165, 1.54) is 0 Å². The predicted molar refractivity (Wildman–Crippen MR) is 85.6 cm³/mol. The van der Waals surface area contributed by atoms with E-state index >= 15 is 0 Å². The molecule has 0 saturated heterocycles. The van der Waals surface area contributed by atoms with E-state index in [-0.39, 0.29) is 5.54 Å². The lowest BCUT2D eigenvalue weighted by atomic mass is 10.1. The lowest BCUT2D eigenvalue weighted by molar-refractivity contribution is 0.396. The third-order valence-corrected chi connectivity index (χ3v) is 3.57. The summed E-state index contributed by atoms with van der Waals surface area (Å²) >= 11 is 0. The maximum Gasteiger partial charge on any atom is 0.115 e. The van der Waals surface area contributed by atoms with Gasteiger partial charge in [-0.25, -0.2) is 4.98 Å². The molecule has 0 aliphatic heterocycles. The van der Waals surface area contributed by atoms with Crippen LogP contribution in [0, 0.1) is 0 Å². The Kier molecular flexibility index (Phi) is 3.20. The van der Waals surface area contributed by atoms with Crippen LogP contribution in [0.5, 0.6) is 5.75 Å². The highest BCUT2D eigenvalue weighted by Crippen LogP contribution is 2.26. The van der Waals surface area contributed by atoms with Crippen LogP contribution in [0.1, 0.15) is 32.2 Å². The van der Waals surface area contributed by atoms with Gasteiger partial charge >= 0.3 is 0 Å². The zero-order valence-electron chi connectivity index (χ0n) is 12.7. The van der Waals surface area contributed by atoms with Gasteiger partial charge in [0.2, 0.25) is 0 Å². The molecular weight excluding hydrogens is 260 g/mol. The Labute approximate surface area is 124 Å². The predicted octanol–water partition coefficient (Wildman–Crippen LogP) is 4.09. The Balaban J connectivity index is 2.13. The lowest BCUT2D eigenvalue weighted by Gasteiger charge is -2.24. The Bertz CT molecular complexity index is 781. The molecule has 1 N–H and O–H groups in total. The normalized spacial score (nSPS) is 12.0. The van der Waals surface area contributed by atoms with Crippen molar-refractivity contribution in [2.24, 2.45) is 0 Å². The summed E-state index contributed by atoms with van der Waals surface area (Å²) in [6, 6.07) is 15.6. The van der Waals surface area contributed by atoms with Gasteiger partial charge in [-0.05, 0) is 50.6 Å². The highest BCUT2D eigenvalue weighted by molar-refractivity contribution is 5.76. The van der Waals surface area contributed by atoms with E-state index in [0.29, 0.717) is 12.2 Å². The van der Waals surface area contributed by atoms with Crippen molar-refractivity contribution in [3.63, 3.8) is 0 Å². The van der Waals surface area contributed by atoms with Crippen LogP contribution in [0.25, 0.3) is 11.0 Å². The van der Waals surface area contributed by atoms with Gasteiger partial charge < -0.3 is 9.67 Å². The van der Waals surface area contributed by atoms with Crippen molar-refractivity contribution in [2.75, 3.05) is 0 Å². The minimum Gasteiger partial charge on any atom is -0.508 e. The van der Waals surface area contributed by atoms with Gasteiger partial charge in [-0.3, -0.25) is 0 Å². The molecular formula is C18H20N2O. The van der Waals surface area contributed by atoms with Gasteiger partial charge in [0.1, 0.15) is 11.6 Å². The fourth-order valence-electron chi connectivity index (χ4n) is 2.79. The molecule has 0 aliphatic rings. The average Bonchev–Trinajstić information content (AvgIpc) is 2.76. The number of hydrogen-bond acceptors (Lipinski definition) is 2. The lowest BCUT2D eigenvalue weighted by Crippen LogP contribution is -2.24. The monoisotopic (exact) mass is 280 g/mol. The molecule has 0 atom stereocenters. The average molecular weight is 280 g/mol. The van der Waals surface area contributed by atoms with Crippen LogP contribution < -0.4 is 0 Å². The van der Waals surface area contributed by atoms with Crippen LogP contribution in [-0.4, -0.2) is 14.7 Å². The van der Waals surface area contributed by atoms with Gasteiger partial charge in [-0.2, -0.15) is 0 Å². The molecule has 3 nitrogen and oxygen atoms in total. The van der Waals surface area contributed by atoms with Gasteiger partial charge in [0.25, 0.3) is 0 Å². The summed E-state index contributed by atoms with van der Waals surface area (Å²) in [5, 5.41) is 9.63. The molecule has 21 heavy (non-hydrogen) atoms. The van der Waals surface area contributed by atoms with Gasteiger partial charge in [0.15, 0.2) is 0 Å². The number of aromatic hydroxyl groups is 1. The zero-order chi connectivity index (χ0) is 15.0. The highest BCUT2D eigenvalue weighted by atomic mass is 16.3. The SMILES string of the molecule is CC(C)(C)n1c(Cc2cccc(O)c2)nc2ccccc21. The van der Waals surface area contributed by atoms with Gasteiger partial charge in [-0.1, -0.05) is 24.3 Å². The fourth-order valence-corrected chi connectivity index (χ4v) is 2.79. The van der Waals surface area contributed by atoms with Crippen molar-refractivity contribution in [3.8, 4) is 5.75 Å². The summed E-state index contributed by atoms with van der Waals surface area (Å²) in [4.78, 5) is 4.79. The minimum atomic E-state index is -0.0394. The molecule has 0 amide bonds. The van der Waals surface area contributed by atoms with E-state index in [2.05, 4.69) is 31.4 Å². The van der Waals surface area contributed by atoms with E-state index in [1.54, 1.807) is 12.1 Å². The molecule has 0 radical (unpaired) electrons. The van der Waals surface area contributed by atoms with Crippen LogP contribution >= 0.6 is 0 Å². The molecule has 1 heterocycles. The number of phenols is 1. The van der Waals surface area contributed by atoms with Crippen molar-refractivity contribution >= 4 is 11.0 Å². The molecule has 0 spiro atoms. The number of nitrogens with zero attached hydrogens (tertiary/aromatic N) is 2. The van der Waals surface area contributed by atoms with E-state index in [1.807, 2.05) is 30.3 Å². The van der Waals surface area contributed by atoms with Crippen molar-refractivity contribution in [2.45, 2.75) is 32.7 Å². The molecule has 0 bridgehead atoms. The molecule has 108 valence electrons. The Hall–Kier alpha value is -2.29. The van der Waals surface area contributed by atoms with Crippen LogP contribution in [0.3, 0.4) is 0 Å². The maximum atomic E-state index is 9.63. The van der Waals surface area contributed by atoms with E-state index in [9.17, 15) is 5.11 Å². The van der Waals surface area contributed by atoms with Gasteiger partial charge in [0.05, 0.1) is 11.0 Å². The van der Waals surface area contributed by atoms with Gasteiger partial charge in [0, 0.05) is 12.0 Å². The van der Waals surface area contributed by atoms with Gasteiger partial charge in [-0.15, -0.1) is 0 Å². The first-order chi connectivity index (χ1) is 9.95. The standard InChI is InChI=1S/C18H20N2O/c1-18(2,3)20-16-10-5-4-9-15(16)19-17(20)12-13-7-6-8-14(21)11-13/h4-11,21H,12H2,1-3H3. The largest absolute Gasteiger partial charge is 0.508 e. The number of aromatic nitrogens is 2. The van der Waals surface area contributed by atoms with Crippen LogP contribution in [0.4, 0.5) is 0 Å². The molecule has 3 rings (SSSR count). The third kappa shape index (κ3) is 2.64. The molecule has 3 aromatic rings. The van der Waals surface area contributed by atoms with Crippen LogP contribution in [-0.2, 0) is 12.0 Å². The minimum absolute atomic E-state index is 0.0394. The Morgan fingerprint density at radius 2 is 1.81 bits per heavy atom. The molecule has 0 fully saturated rings.